The van der Waals surface area contributed by atoms with Crippen molar-refractivity contribution < 1.29 is 9.53 Å². The number of hydrogen-bond donors (Lipinski definition) is 1. The second-order valence-electron chi connectivity index (χ2n) is 4.33. The number of pyridine rings is 1. The minimum absolute atomic E-state index is 0.0219. The molecular formula is C11H16N2O2S. The van der Waals surface area contributed by atoms with Crippen LogP contribution in [0.5, 0.6) is 0 Å². The van der Waals surface area contributed by atoms with E-state index < -0.39 is 5.97 Å². The maximum atomic E-state index is 11.5. The van der Waals surface area contributed by atoms with Crippen LogP contribution in [0.2, 0.25) is 0 Å². The van der Waals surface area contributed by atoms with Crippen LogP contribution in [0.15, 0.2) is 17.3 Å². The maximum Gasteiger partial charge on any atom is 0.340 e. The van der Waals surface area contributed by atoms with E-state index in [0.717, 1.165) is 0 Å². The molecule has 1 aromatic rings. The van der Waals surface area contributed by atoms with Crippen molar-refractivity contribution in [3.8, 4) is 0 Å². The molecule has 1 aromatic heterocycles. The number of aromatic nitrogens is 1. The maximum absolute atomic E-state index is 11.5. The third-order valence-electron chi connectivity index (χ3n) is 1.68. The van der Waals surface area contributed by atoms with Crippen LogP contribution in [0.4, 0.5) is 5.69 Å². The van der Waals surface area contributed by atoms with E-state index in [-0.39, 0.29) is 4.75 Å². The number of rotatable bonds is 2. The van der Waals surface area contributed by atoms with Crippen LogP contribution in [0, 0.1) is 0 Å². The Kier molecular flexibility index (Phi) is 3.80. The molecule has 5 heteroatoms. The van der Waals surface area contributed by atoms with E-state index >= 15 is 0 Å². The summed E-state index contributed by atoms with van der Waals surface area (Å²) in [6, 6.07) is 1.59. The van der Waals surface area contributed by atoms with Crippen LogP contribution in [0.25, 0.3) is 0 Å². The summed E-state index contributed by atoms with van der Waals surface area (Å²) in [7, 11) is 1.34. The first-order chi connectivity index (χ1) is 7.33. The lowest BCUT2D eigenvalue weighted by Crippen LogP contribution is -2.12. The number of carbonyl (C=O) groups excluding carboxylic acids is 1. The molecule has 88 valence electrons. The van der Waals surface area contributed by atoms with Crippen molar-refractivity contribution in [1.29, 1.82) is 0 Å². The van der Waals surface area contributed by atoms with Crippen LogP contribution >= 0.6 is 11.8 Å². The normalized spacial score (nSPS) is 11.2. The Labute approximate surface area is 99.6 Å². The van der Waals surface area contributed by atoms with Crippen LogP contribution < -0.4 is 5.73 Å². The SMILES string of the molecule is COC(=O)c1cc(N)cnc1SC(C)(C)C. The first kappa shape index (κ1) is 12.8. The molecular weight excluding hydrogens is 224 g/mol. The fourth-order valence-corrected chi connectivity index (χ4v) is 2.03. The van der Waals surface area contributed by atoms with Gasteiger partial charge in [0, 0.05) is 4.75 Å². The van der Waals surface area contributed by atoms with E-state index in [9.17, 15) is 4.79 Å². The standard InChI is InChI=1S/C11H16N2O2S/c1-11(2,3)16-9-8(10(14)15-4)5-7(12)6-13-9/h5-6H,12H2,1-4H3. The van der Waals surface area contributed by atoms with Crippen LogP contribution in [-0.4, -0.2) is 22.8 Å². The molecule has 0 aliphatic rings. The Balaban J connectivity index is 3.13. The minimum atomic E-state index is -0.411. The Morgan fingerprint density at radius 3 is 2.62 bits per heavy atom. The topological polar surface area (TPSA) is 65.2 Å². The third-order valence-corrected chi connectivity index (χ3v) is 2.81. The summed E-state index contributed by atoms with van der Waals surface area (Å²) >= 11 is 1.51. The number of hydrogen-bond acceptors (Lipinski definition) is 5. The largest absolute Gasteiger partial charge is 0.465 e. The second kappa shape index (κ2) is 4.74. The van der Waals surface area contributed by atoms with E-state index in [1.807, 2.05) is 0 Å². The van der Waals surface area contributed by atoms with Gasteiger partial charge in [-0.05, 0) is 6.07 Å². The molecule has 0 saturated heterocycles. The van der Waals surface area contributed by atoms with Crippen molar-refractivity contribution in [3.63, 3.8) is 0 Å². The average molecular weight is 240 g/mol. The summed E-state index contributed by atoms with van der Waals surface area (Å²) in [6.07, 6.45) is 1.54. The number of nitrogens with zero attached hydrogens (tertiary/aromatic N) is 1. The third kappa shape index (κ3) is 3.41. The number of nitrogens with two attached hydrogens (primary N) is 1. The molecule has 0 unspecified atom stereocenters. The number of ether oxygens (including phenoxy) is 1. The highest BCUT2D eigenvalue weighted by molar-refractivity contribution is 8.00. The molecule has 0 radical (unpaired) electrons. The summed E-state index contributed by atoms with van der Waals surface area (Å²) < 4.78 is 4.68. The Morgan fingerprint density at radius 2 is 2.12 bits per heavy atom. The summed E-state index contributed by atoms with van der Waals surface area (Å²) in [6.45, 7) is 6.16. The highest BCUT2D eigenvalue weighted by Gasteiger charge is 2.20. The van der Waals surface area contributed by atoms with Gasteiger partial charge in [0.1, 0.15) is 5.03 Å². The smallest absolute Gasteiger partial charge is 0.340 e. The fraction of sp³-hybridized carbons (Fsp3) is 0.455. The number of carbonyl (C=O) groups is 1. The molecule has 0 fully saturated rings. The first-order valence-corrected chi connectivity index (χ1v) is 5.68. The van der Waals surface area contributed by atoms with Crippen molar-refractivity contribution in [1.82, 2.24) is 4.98 Å². The molecule has 0 saturated carbocycles. The summed E-state index contributed by atoms with van der Waals surface area (Å²) in [5, 5.41) is 0.647. The summed E-state index contributed by atoms with van der Waals surface area (Å²) in [5.74, 6) is -0.411. The van der Waals surface area contributed by atoms with Gasteiger partial charge in [-0.25, -0.2) is 9.78 Å². The Bertz CT molecular complexity index is 399. The molecule has 0 atom stereocenters. The Morgan fingerprint density at radius 1 is 1.50 bits per heavy atom. The predicted octanol–water partition coefficient (Wildman–Crippen LogP) is 2.34. The fourth-order valence-electron chi connectivity index (χ4n) is 1.10. The zero-order valence-electron chi connectivity index (χ0n) is 9.90. The van der Waals surface area contributed by atoms with Crippen molar-refractivity contribution in [3.05, 3.63) is 17.8 Å². The van der Waals surface area contributed by atoms with Crippen LogP contribution in [-0.2, 0) is 4.74 Å². The van der Waals surface area contributed by atoms with Crippen LogP contribution in [0.3, 0.4) is 0 Å². The molecule has 2 N–H and O–H groups in total. The van der Waals surface area contributed by atoms with Gasteiger partial charge in [0.25, 0.3) is 0 Å². The van der Waals surface area contributed by atoms with Crippen molar-refractivity contribution in [2.45, 2.75) is 30.5 Å². The van der Waals surface area contributed by atoms with E-state index in [2.05, 4.69) is 25.8 Å². The zero-order chi connectivity index (χ0) is 12.3. The quantitative estimate of drug-likeness (QED) is 0.635. The van der Waals surface area contributed by atoms with E-state index in [1.54, 1.807) is 12.3 Å². The number of nitrogen functional groups attached to an aromatic ring is 1. The molecule has 0 aliphatic carbocycles. The lowest BCUT2D eigenvalue weighted by molar-refractivity contribution is 0.0596. The molecule has 0 aliphatic heterocycles. The van der Waals surface area contributed by atoms with E-state index in [1.165, 1.54) is 18.9 Å². The summed E-state index contributed by atoms with van der Waals surface area (Å²) in [4.78, 5) is 15.7. The molecule has 0 amide bonds. The van der Waals surface area contributed by atoms with Gasteiger partial charge in [0.15, 0.2) is 0 Å². The van der Waals surface area contributed by atoms with Crippen molar-refractivity contribution >= 4 is 23.4 Å². The lowest BCUT2D eigenvalue weighted by atomic mass is 10.2. The van der Waals surface area contributed by atoms with Gasteiger partial charge in [0.2, 0.25) is 0 Å². The van der Waals surface area contributed by atoms with Gasteiger partial charge in [-0.15, -0.1) is 0 Å². The first-order valence-electron chi connectivity index (χ1n) is 4.86. The zero-order valence-corrected chi connectivity index (χ0v) is 10.7. The number of esters is 1. The molecule has 4 nitrogen and oxygen atoms in total. The number of methoxy groups -OCH3 is 1. The molecule has 16 heavy (non-hydrogen) atoms. The number of anilines is 1. The van der Waals surface area contributed by atoms with Crippen molar-refractivity contribution in [2.24, 2.45) is 0 Å². The van der Waals surface area contributed by atoms with Gasteiger partial charge >= 0.3 is 5.97 Å². The predicted molar refractivity (Wildman–Crippen MR) is 65.6 cm³/mol. The van der Waals surface area contributed by atoms with E-state index in [0.29, 0.717) is 16.3 Å². The minimum Gasteiger partial charge on any atom is -0.465 e. The van der Waals surface area contributed by atoms with E-state index in [4.69, 9.17) is 10.5 Å². The molecule has 1 rings (SSSR count). The molecule has 0 aromatic carbocycles. The average Bonchev–Trinajstić information content (AvgIpc) is 2.17. The Hall–Kier alpha value is -1.23. The number of thioether (sulfide) groups is 1. The second-order valence-corrected chi connectivity index (χ2v) is 6.14. The van der Waals surface area contributed by atoms with Gasteiger partial charge in [-0.2, -0.15) is 0 Å². The van der Waals surface area contributed by atoms with Gasteiger partial charge in [-0.1, -0.05) is 32.5 Å². The highest BCUT2D eigenvalue weighted by atomic mass is 32.2. The lowest BCUT2D eigenvalue weighted by Gasteiger charge is -2.18. The monoisotopic (exact) mass is 240 g/mol. The van der Waals surface area contributed by atoms with Crippen LogP contribution in [0.1, 0.15) is 31.1 Å². The van der Waals surface area contributed by atoms with Crippen molar-refractivity contribution in [2.75, 3.05) is 12.8 Å². The summed E-state index contributed by atoms with van der Waals surface area (Å²) in [5.41, 5.74) is 6.48. The molecule has 1 heterocycles. The highest BCUT2D eigenvalue weighted by Crippen LogP contribution is 2.33. The van der Waals surface area contributed by atoms with Gasteiger partial charge < -0.3 is 10.5 Å². The van der Waals surface area contributed by atoms with Gasteiger partial charge in [0.05, 0.1) is 24.6 Å². The molecule has 0 bridgehead atoms. The molecule has 0 spiro atoms. The van der Waals surface area contributed by atoms with Gasteiger partial charge in [-0.3, -0.25) is 0 Å².